The molecule has 1 saturated heterocycles. The van der Waals surface area contributed by atoms with Gasteiger partial charge in [0.15, 0.2) is 11.5 Å². The number of methoxy groups -OCH3 is 3. The van der Waals surface area contributed by atoms with Crippen LogP contribution >= 0.6 is 24.8 Å². The predicted octanol–water partition coefficient (Wildman–Crippen LogP) is 4.31. The van der Waals surface area contributed by atoms with E-state index in [2.05, 4.69) is 24.2 Å². The van der Waals surface area contributed by atoms with E-state index in [1.54, 1.807) is 6.07 Å². The number of hydrogen-bond acceptors (Lipinski definition) is 7. The van der Waals surface area contributed by atoms with Gasteiger partial charge in [0.05, 0.1) is 26.9 Å². The van der Waals surface area contributed by atoms with Crippen LogP contribution in [0.25, 0.3) is 0 Å². The van der Waals surface area contributed by atoms with Crippen LogP contribution in [0.1, 0.15) is 35.7 Å². The number of ether oxygens (including phenoxy) is 4. The molecule has 0 aliphatic carbocycles. The molecule has 2 aromatic carbocycles. The van der Waals surface area contributed by atoms with Gasteiger partial charge in [-0.05, 0) is 56.6 Å². The number of nitrogens with two attached hydrogens (primary N) is 1. The van der Waals surface area contributed by atoms with Gasteiger partial charge in [-0.2, -0.15) is 0 Å². The summed E-state index contributed by atoms with van der Waals surface area (Å²) in [6.07, 6.45) is 2.68. The normalized spacial score (nSPS) is 17.3. The summed E-state index contributed by atoms with van der Waals surface area (Å²) in [7, 11) is 6.66. The number of carbonyl (C=O) groups is 1. The van der Waals surface area contributed by atoms with E-state index in [1.807, 2.05) is 24.3 Å². The fraction of sp³-hybridized carbons (Fsp3) is 0.500. The Morgan fingerprint density at radius 1 is 1.06 bits per heavy atom. The smallest absolute Gasteiger partial charge is 0.255 e. The van der Waals surface area contributed by atoms with Crippen LogP contribution < -0.4 is 30.0 Å². The van der Waals surface area contributed by atoms with Crippen LogP contribution in [0.4, 0.5) is 0 Å². The molecule has 0 bridgehead atoms. The second-order valence-corrected chi connectivity index (χ2v) is 8.61. The van der Waals surface area contributed by atoms with E-state index in [-0.39, 0.29) is 36.8 Å². The van der Waals surface area contributed by atoms with E-state index in [1.165, 1.54) is 21.3 Å². The molecule has 3 N–H and O–H groups in total. The fourth-order valence-corrected chi connectivity index (χ4v) is 4.51. The molecule has 0 saturated carbocycles. The van der Waals surface area contributed by atoms with Crippen molar-refractivity contribution in [2.45, 2.75) is 32.2 Å². The summed E-state index contributed by atoms with van der Waals surface area (Å²) in [5.41, 5.74) is 7.10. The first kappa shape index (κ1) is 31.6. The van der Waals surface area contributed by atoms with Crippen molar-refractivity contribution in [3.8, 4) is 28.7 Å². The first-order valence-electron chi connectivity index (χ1n) is 11.7. The lowest BCUT2D eigenvalue weighted by atomic mass is 9.90. The summed E-state index contributed by atoms with van der Waals surface area (Å²) in [6, 6.07) is 9.41. The third-order valence-electron chi connectivity index (χ3n) is 6.38. The Balaban J connectivity index is 0.00000324. The number of benzene rings is 2. The molecule has 3 rings (SSSR count). The molecule has 36 heavy (non-hydrogen) atoms. The molecule has 10 heteroatoms. The number of piperidine rings is 1. The van der Waals surface area contributed by atoms with Gasteiger partial charge in [0.25, 0.3) is 5.91 Å². The van der Waals surface area contributed by atoms with Gasteiger partial charge in [0, 0.05) is 18.7 Å². The summed E-state index contributed by atoms with van der Waals surface area (Å²) in [5, 5.41) is 3.22. The second kappa shape index (κ2) is 15.0. The van der Waals surface area contributed by atoms with Crippen LogP contribution in [0.2, 0.25) is 0 Å². The zero-order valence-corrected chi connectivity index (χ0v) is 23.3. The second-order valence-electron chi connectivity index (χ2n) is 8.61. The molecule has 1 amide bonds. The molecule has 202 valence electrons. The highest BCUT2D eigenvalue weighted by Crippen LogP contribution is 2.48. The summed E-state index contributed by atoms with van der Waals surface area (Å²) in [4.78, 5) is 15.8. The maximum atomic E-state index is 13.5. The average molecular weight is 545 g/mol. The number of nitrogens with one attached hydrogen (secondary N) is 1. The molecule has 1 heterocycles. The van der Waals surface area contributed by atoms with Crippen LogP contribution in [-0.2, 0) is 6.42 Å². The molecule has 0 spiro atoms. The van der Waals surface area contributed by atoms with E-state index < -0.39 is 0 Å². The molecule has 1 aliphatic rings. The summed E-state index contributed by atoms with van der Waals surface area (Å²) >= 11 is 0. The van der Waals surface area contributed by atoms with Crippen LogP contribution in [0.15, 0.2) is 30.3 Å². The highest BCUT2D eigenvalue weighted by molar-refractivity contribution is 5.99. The molecular weight excluding hydrogens is 505 g/mol. The topological polar surface area (TPSA) is 95.3 Å². The van der Waals surface area contributed by atoms with Crippen molar-refractivity contribution in [1.29, 1.82) is 0 Å². The maximum absolute atomic E-state index is 13.5. The van der Waals surface area contributed by atoms with Crippen LogP contribution in [-0.4, -0.2) is 64.9 Å². The quantitative estimate of drug-likeness (QED) is 0.460. The number of rotatable bonds is 10. The molecule has 0 unspecified atom stereocenters. The lowest BCUT2D eigenvalue weighted by Crippen LogP contribution is -2.49. The number of hydrogen-bond donors (Lipinski definition) is 2. The lowest BCUT2D eigenvalue weighted by Gasteiger charge is -2.36. The van der Waals surface area contributed by atoms with Crippen LogP contribution in [0, 0.1) is 5.92 Å². The monoisotopic (exact) mass is 543 g/mol. The zero-order valence-electron chi connectivity index (χ0n) is 21.7. The Morgan fingerprint density at radius 2 is 1.69 bits per heavy atom. The zero-order chi connectivity index (χ0) is 24.7. The van der Waals surface area contributed by atoms with E-state index in [9.17, 15) is 4.79 Å². The standard InChI is InChI=1S/C26H37N3O5.2ClH/c1-6-18-16-29(2)14-12-21(18)28-26(30)20-15-22(24(32-4)25(33-5)23(20)31-3)34-19-9-7-17(8-10-19)11-13-27;;/h7-10,15,18,21H,6,11-14,16,27H2,1-5H3,(H,28,30);2*1H/t18-,21-;;/m1../s1. The number of likely N-dealkylation sites (tertiary alicyclic amines) is 1. The average Bonchev–Trinajstić information content (AvgIpc) is 2.85. The van der Waals surface area contributed by atoms with Crippen molar-refractivity contribution >= 4 is 30.7 Å². The van der Waals surface area contributed by atoms with Gasteiger partial charge < -0.3 is 34.9 Å². The SMILES string of the molecule is CC[C@@H]1CN(C)CC[C@H]1NC(=O)c1cc(Oc2ccc(CCN)cc2)c(OC)c(OC)c1OC.Cl.Cl. The number of nitrogens with zero attached hydrogens (tertiary/aromatic N) is 1. The Bertz CT molecular complexity index is 975. The molecule has 2 aromatic rings. The molecule has 1 fully saturated rings. The van der Waals surface area contributed by atoms with Gasteiger partial charge in [-0.3, -0.25) is 4.79 Å². The van der Waals surface area contributed by atoms with Crippen molar-refractivity contribution in [3.63, 3.8) is 0 Å². The minimum Gasteiger partial charge on any atom is -0.492 e. The third-order valence-corrected chi connectivity index (χ3v) is 6.38. The Labute approximate surface area is 226 Å². The van der Waals surface area contributed by atoms with Crippen LogP contribution in [0.3, 0.4) is 0 Å². The Morgan fingerprint density at radius 3 is 2.25 bits per heavy atom. The fourth-order valence-electron chi connectivity index (χ4n) is 4.51. The summed E-state index contributed by atoms with van der Waals surface area (Å²) < 4.78 is 22.9. The minimum atomic E-state index is -0.228. The van der Waals surface area contributed by atoms with Gasteiger partial charge in [-0.15, -0.1) is 24.8 Å². The highest BCUT2D eigenvalue weighted by Gasteiger charge is 2.31. The first-order chi connectivity index (χ1) is 16.4. The number of halogens is 2. The van der Waals surface area contributed by atoms with Gasteiger partial charge in [0.1, 0.15) is 5.75 Å². The van der Waals surface area contributed by atoms with Gasteiger partial charge in [-0.25, -0.2) is 0 Å². The molecule has 1 aliphatic heterocycles. The van der Waals surface area contributed by atoms with E-state index in [0.717, 1.165) is 37.9 Å². The van der Waals surface area contributed by atoms with Gasteiger partial charge in [0.2, 0.25) is 11.5 Å². The van der Waals surface area contributed by atoms with Crippen molar-refractivity contribution in [2.24, 2.45) is 11.7 Å². The van der Waals surface area contributed by atoms with Gasteiger partial charge in [-0.1, -0.05) is 25.5 Å². The highest BCUT2D eigenvalue weighted by atomic mass is 35.5. The maximum Gasteiger partial charge on any atom is 0.255 e. The van der Waals surface area contributed by atoms with E-state index in [4.69, 9.17) is 24.7 Å². The number of carbonyl (C=O) groups excluding carboxylic acids is 1. The first-order valence-corrected chi connectivity index (χ1v) is 11.7. The molecule has 8 nitrogen and oxygen atoms in total. The minimum absolute atomic E-state index is 0. The van der Waals surface area contributed by atoms with Crippen LogP contribution in [0.5, 0.6) is 28.7 Å². The van der Waals surface area contributed by atoms with Crippen molar-refractivity contribution in [3.05, 3.63) is 41.5 Å². The van der Waals surface area contributed by atoms with Gasteiger partial charge >= 0.3 is 0 Å². The summed E-state index contributed by atoms with van der Waals surface area (Å²) in [5.74, 6) is 2.11. The van der Waals surface area contributed by atoms with Crippen molar-refractivity contribution in [2.75, 3.05) is 48.0 Å². The third kappa shape index (κ3) is 7.32. The predicted molar refractivity (Wildman–Crippen MR) is 147 cm³/mol. The Hall–Kier alpha value is -2.39. The number of amides is 1. The lowest BCUT2D eigenvalue weighted by molar-refractivity contribution is 0.0867. The van der Waals surface area contributed by atoms with E-state index in [0.29, 0.717) is 46.8 Å². The van der Waals surface area contributed by atoms with Crippen molar-refractivity contribution < 1.29 is 23.7 Å². The largest absolute Gasteiger partial charge is 0.492 e. The van der Waals surface area contributed by atoms with E-state index >= 15 is 0 Å². The molecule has 2 atom stereocenters. The molecule has 0 aromatic heterocycles. The Kier molecular flexibility index (Phi) is 13.2. The molecular formula is C26H39Cl2N3O5. The molecule has 0 radical (unpaired) electrons. The van der Waals surface area contributed by atoms with Crippen molar-refractivity contribution in [1.82, 2.24) is 10.2 Å². The summed E-state index contributed by atoms with van der Waals surface area (Å²) in [6.45, 7) is 4.64.